The second-order valence-corrected chi connectivity index (χ2v) is 7.17. The third-order valence-corrected chi connectivity index (χ3v) is 4.21. The third-order valence-electron chi connectivity index (χ3n) is 4.21. The number of hydrogen-bond acceptors (Lipinski definition) is 2. The van der Waals surface area contributed by atoms with Gasteiger partial charge in [-0.25, -0.2) is 0 Å². The van der Waals surface area contributed by atoms with Crippen LogP contribution in [0.1, 0.15) is 44.9 Å². The first-order valence-corrected chi connectivity index (χ1v) is 8.19. The van der Waals surface area contributed by atoms with Gasteiger partial charge in [0, 0.05) is 24.3 Å². The molecule has 3 aromatic rings. The minimum atomic E-state index is 0.0300. The Morgan fingerprint density at radius 2 is 1.83 bits per heavy atom. The third kappa shape index (κ3) is 3.62. The van der Waals surface area contributed by atoms with Crippen molar-refractivity contribution in [2.75, 3.05) is 0 Å². The molecule has 23 heavy (non-hydrogen) atoms. The fraction of sp³-hybridized carbons (Fsp3) is 0.350. The van der Waals surface area contributed by atoms with E-state index in [2.05, 4.69) is 86.8 Å². The second-order valence-electron chi connectivity index (χ2n) is 7.17. The summed E-state index contributed by atoms with van der Waals surface area (Å²) >= 11 is 0. The Morgan fingerprint density at radius 1 is 1.09 bits per heavy atom. The molecule has 0 aliphatic rings. The molecule has 0 aliphatic carbocycles. The summed E-state index contributed by atoms with van der Waals surface area (Å²) in [5, 5.41) is 10.6. The Labute approximate surface area is 138 Å². The highest BCUT2D eigenvalue weighted by Gasteiger charge is 2.14. The maximum atomic E-state index is 4.46. The van der Waals surface area contributed by atoms with Crippen LogP contribution >= 0.6 is 0 Å². The smallest absolute Gasteiger partial charge is 0.0543 e. The molecule has 1 aromatic heterocycles. The van der Waals surface area contributed by atoms with Crippen molar-refractivity contribution in [3.05, 3.63) is 66.0 Å². The molecular formula is C20H25N3. The molecule has 1 N–H and O–H groups in total. The molecule has 3 heteroatoms. The van der Waals surface area contributed by atoms with Crippen molar-refractivity contribution in [3.8, 4) is 0 Å². The summed E-state index contributed by atoms with van der Waals surface area (Å²) in [7, 11) is 0. The van der Waals surface area contributed by atoms with E-state index in [4.69, 9.17) is 0 Å². The van der Waals surface area contributed by atoms with Gasteiger partial charge in [0.15, 0.2) is 0 Å². The molecule has 3 rings (SSSR count). The lowest BCUT2D eigenvalue weighted by atomic mass is 10.0. The molecule has 0 saturated carbocycles. The molecule has 0 spiro atoms. The number of fused-ring (bicyclic) bond motifs is 1. The summed E-state index contributed by atoms with van der Waals surface area (Å²) < 4.78 is 2.02. The normalized spacial score (nSPS) is 13.4. The lowest BCUT2D eigenvalue weighted by Crippen LogP contribution is -2.22. The molecule has 0 radical (unpaired) electrons. The molecule has 2 aromatic carbocycles. The monoisotopic (exact) mass is 307 g/mol. The summed E-state index contributed by atoms with van der Waals surface area (Å²) in [5.41, 5.74) is 2.56. The van der Waals surface area contributed by atoms with E-state index >= 15 is 0 Å². The van der Waals surface area contributed by atoms with E-state index in [1.165, 1.54) is 21.9 Å². The van der Waals surface area contributed by atoms with E-state index < -0.39 is 0 Å². The number of rotatable bonds is 4. The van der Waals surface area contributed by atoms with Crippen molar-refractivity contribution in [1.82, 2.24) is 15.1 Å². The number of aromatic nitrogens is 2. The topological polar surface area (TPSA) is 29.9 Å². The average molecular weight is 307 g/mol. The Balaban J connectivity index is 1.68. The van der Waals surface area contributed by atoms with Gasteiger partial charge < -0.3 is 5.32 Å². The van der Waals surface area contributed by atoms with E-state index in [9.17, 15) is 0 Å². The van der Waals surface area contributed by atoms with Gasteiger partial charge in [0.1, 0.15) is 0 Å². The molecular weight excluding hydrogens is 282 g/mol. The maximum absolute atomic E-state index is 4.46. The zero-order chi connectivity index (χ0) is 16.4. The molecule has 1 atom stereocenters. The predicted molar refractivity (Wildman–Crippen MR) is 96.4 cm³/mol. The summed E-state index contributed by atoms with van der Waals surface area (Å²) in [6.07, 6.45) is 4.07. The standard InChI is InChI=1S/C20H25N3/c1-15(18-10-9-17-7-5-6-8-19(17)11-18)21-12-16-13-22-23(14-16)20(2,3)4/h5-11,13-15,21H,12H2,1-4H3. The predicted octanol–water partition coefficient (Wildman–Crippen LogP) is 4.64. The van der Waals surface area contributed by atoms with Crippen molar-refractivity contribution < 1.29 is 0 Å². The fourth-order valence-corrected chi connectivity index (χ4v) is 2.68. The van der Waals surface area contributed by atoms with Gasteiger partial charge in [-0.2, -0.15) is 5.10 Å². The summed E-state index contributed by atoms with van der Waals surface area (Å²) in [6.45, 7) is 9.51. The van der Waals surface area contributed by atoms with Crippen LogP contribution in [0.15, 0.2) is 54.9 Å². The van der Waals surface area contributed by atoms with E-state index in [1.54, 1.807) is 0 Å². The number of nitrogens with zero attached hydrogens (tertiary/aromatic N) is 2. The SMILES string of the molecule is CC(NCc1cnn(C(C)(C)C)c1)c1ccc2ccccc2c1. The van der Waals surface area contributed by atoms with Crippen LogP contribution in [0.25, 0.3) is 10.8 Å². The van der Waals surface area contributed by atoms with Gasteiger partial charge in [-0.3, -0.25) is 4.68 Å². The highest BCUT2D eigenvalue weighted by molar-refractivity contribution is 5.83. The Kier molecular flexibility index (Phi) is 4.22. The molecule has 120 valence electrons. The van der Waals surface area contributed by atoms with Crippen LogP contribution in [-0.4, -0.2) is 9.78 Å². The van der Waals surface area contributed by atoms with Crippen molar-refractivity contribution >= 4 is 10.8 Å². The number of hydrogen-bond donors (Lipinski definition) is 1. The number of benzene rings is 2. The number of nitrogens with one attached hydrogen (secondary N) is 1. The quantitative estimate of drug-likeness (QED) is 0.761. The van der Waals surface area contributed by atoms with Crippen LogP contribution in [0.4, 0.5) is 0 Å². The highest BCUT2D eigenvalue weighted by Crippen LogP contribution is 2.21. The lowest BCUT2D eigenvalue weighted by molar-refractivity contribution is 0.355. The Bertz CT molecular complexity index is 796. The van der Waals surface area contributed by atoms with Gasteiger partial charge in [-0.1, -0.05) is 36.4 Å². The van der Waals surface area contributed by atoms with Crippen LogP contribution in [0.3, 0.4) is 0 Å². The van der Waals surface area contributed by atoms with Crippen molar-refractivity contribution in [3.63, 3.8) is 0 Å². The van der Waals surface area contributed by atoms with Crippen molar-refractivity contribution in [2.24, 2.45) is 0 Å². The van der Waals surface area contributed by atoms with Crippen LogP contribution in [0, 0.1) is 0 Å². The van der Waals surface area contributed by atoms with E-state index in [1.807, 2.05) is 10.9 Å². The Morgan fingerprint density at radius 3 is 2.52 bits per heavy atom. The van der Waals surface area contributed by atoms with Crippen LogP contribution in [0.2, 0.25) is 0 Å². The van der Waals surface area contributed by atoms with Crippen LogP contribution in [0.5, 0.6) is 0 Å². The molecule has 0 amide bonds. The molecule has 1 unspecified atom stereocenters. The fourth-order valence-electron chi connectivity index (χ4n) is 2.68. The van der Waals surface area contributed by atoms with Gasteiger partial charge in [0.25, 0.3) is 0 Å². The van der Waals surface area contributed by atoms with Gasteiger partial charge in [-0.05, 0) is 50.1 Å². The Hall–Kier alpha value is -2.13. The first-order chi connectivity index (χ1) is 10.9. The lowest BCUT2D eigenvalue weighted by Gasteiger charge is -2.19. The summed E-state index contributed by atoms with van der Waals surface area (Å²) in [4.78, 5) is 0. The molecule has 0 aliphatic heterocycles. The highest BCUT2D eigenvalue weighted by atomic mass is 15.3. The zero-order valence-corrected chi connectivity index (χ0v) is 14.4. The summed E-state index contributed by atoms with van der Waals surface area (Å²) in [5.74, 6) is 0. The van der Waals surface area contributed by atoms with Crippen LogP contribution < -0.4 is 5.32 Å². The minimum Gasteiger partial charge on any atom is -0.306 e. The molecule has 0 fully saturated rings. The van der Waals surface area contributed by atoms with Crippen molar-refractivity contribution in [1.29, 1.82) is 0 Å². The van der Waals surface area contributed by atoms with Gasteiger partial charge >= 0.3 is 0 Å². The second kappa shape index (κ2) is 6.17. The molecule has 0 bridgehead atoms. The molecule has 1 heterocycles. The van der Waals surface area contributed by atoms with E-state index in [-0.39, 0.29) is 5.54 Å². The van der Waals surface area contributed by atoms with Gasteiger partial charge in [0.2, 0.25) is 0 Å². The minimum absolute atomic E-state index is 0.0300. The van der Waals surface area contributed by atoms with E-state index in [0.717, 1.165) is 6.54 Å². The largest absolute Gasteiger partial charge is 0.306 e. The average Bonchev–Trinajstić information content (AvgIpc) is 3.01. The van der Waals surface area contributed by atoms with Crippen molar-refractivity contribution in [2.45, 2.75) is 45.8 Å². The summed E-state index contributed by atoms with van der Waals surface area (Å²) in [6, 6.07) is 15.5. The van der Waals surface area contributed by atoms with Gasteiger partial charge in [0.05, 0.1) is 11.7 Å². The first-order valence-electron chi connectivity index (χ1n) is 8.19. The first kappa shape index (κ1) is 15.8. The zero-order valence-electron chi connectivity index (χ0n) is 14.4. The molecule has 3 nitrogen and oxygen atoms in total. The van der Waals surface area contributed by atoms with E-state index in [0.29, 0.717) is 6.04 Å². The molecule has 0 saturated heterocycles. The van der Waals surface area contributed by atoms with Gasteiger partial charge in [-0.15, -0.1) is 0 Å². The van der Waals surface area contributed by atoms with Crippen LogP contribution in [-0.2, 0) is 12.1 Å². The maximum Gasteiger partial charge on any atom is 0.0543 e.